The molecule has 21 heavy (non-hydrogen) atoms. The molecule has 0 aliphatic carbocycles. The first-order valence-electron chi connectivity index (χ1n) is 6.44. The van der Waals surface area contributed by atoms with Crippen molar-refractivity contribution in [2.24, 2.45) is 0 Å². The first-order valence-corrected chi connectivity index (χ1v) is 6.82. The Hall–Kier alpha value is -1.82. The van der Waals surface area contributed by atoms with Crippen LogP contribution in [0, 0.1) is 0 Å². The van der Waals surface area contributed by atoms with Gasteiger partial charge >= 0.3 is 12.1 Å². The molecular weight excluding hydrogens is 296 g/mol. The summed E-state index contributed by atoms with van der Waals surface area (Å²) in [6.45, 7) is 6.79. The second-order valence-electron chi connectivity index (χ2n) is 5.46. The van der Waals surface area contributed by atoms with E-state index in [-0.39, 0.29) is 6.61 Å². The number of halogens is 1. The number of nitrogens with one attached hydrogen (secondary N) is 1. The standard InChI is InChI=1S/C14H19ClN2O4/c1-9(17-13(19)21-14(2,3)4)12(18)20-8-10-5-6-16-11(15)7-10/h5-7,9H,8H2,1-4H3,(H,17,19). The second kappa shape index (κ2) is 7.26. The van der Waals surface area contributed by atoms with Gasteiger partial charge < -0.3 is 14.8 Å². The Morgan fingerprint density at radius 1 is 1.43 bits per heavy atom. The average molecular weight is 315 g/mol. The van der Waals surface area contributed by atoms with Crippen LogP contribution in [-0.2, 0) is 20.9 Å². The monoisotopic (exact) mass is 314 g/mol. The number of rotatable bonds is 4. The van der Waals surface area contributed by atoms with E-state index in [9.17, 15) is 9.59 Å². The number of hydrogen-bond donors (Lipinski definition) is 1. The van der Waals surface area contributed by atoms with Crippen LogP contribution in [0.2, 0.25) is 5.15 Å². The van der Waals surface area contributed by atoms with Gasteiger partial charge in [-0.1, -0.05) is 11.6 Å². The van der Waals surface area contributed by atoms with Crippen molar-refractivity contribution in [3.05, 3.63) is 29.0 Å². The molecule has 1 unspecified atom stereocenters. The molecule has 1 heterocycles. The van der Waals surface area contributed by atoms with Gasteiger partial charge in [-0.2, -0.15) is 0 Å². The number of carbonyl (C=O) groups is 2. The number of amides is 1. The number of hydrogen-bond acceptors (Lipinski definition) is 5. The highest BCUT2D eigenvalue weighted by Gasteiger charge is 2.21. The molecule has 1 aromatic rings. The van der Waals surface area contributed by atoms with Crippen molar-refractivity contribution in [2.45, 2.75) is 45.9 Å². The quantitative estimate of drug-likeness (QED) is 0.683. The van der Waals surface area contributed by atoms with Crippen LogP contribution < -0.4 is 5.32 Å². The number of esters is 1. The smallest absolute Gasteiger partial charge is 0.408 e. The van der Waals surface area contributed by atoms with E-state index in [2.05, 4.69) is 10.3 Å². The maximum atomic E-state index is 11.8. The van der Waals surface area contributed by atoms with Crippen molar-refractivity contribution in [3.63, 3.8) is 0 Å². The van der Waals surface area contributed by atoms with E-state index in [1.807, 2.05) is 0 Å². The van der Waals surface area contributed by atoms with E-state index in [0.29, 0.717) is 10.7 Å². The van der Waals surface area contributed by atoms with Crippen molar-refractivity contribution in [1.82, 2.24) is 10.3 Å². The highest BCUT2D eigenvalue weighted by atomic mass is 35.5. The number of alkyl carbamates (subject to hydrolysis) is 1. The fraction of sp³-hybridized carbons (Fsp3) is 0.500. The molecule has 1 N–H and O–H groups in total. The third kappa shape index (κ3) is 6.94. The molecule has 1 aromatic heterocycles. The predicted molar refractivity (Wildman–Crippen MR) is 77.9 cm³/mol. The zero-order valence-corrected chi connectivity index (χ0v) is 13.2. The van der Waals surface area contributed by atoms with Gasteiger partial charge in [-0.05, 0) is 45.4 Å². The van der Waals surface area contributed by atoms with E-state index in [1.54, 1.807) is 32.9 Å². The van der Waals surface area contributed by atoms with E-state index in [4.69, 9.17) is 21.1 Å². The molecule has 1 rings (SSSR count). The van der Waals surface area contributed by atoms with Crippen LogP contribution in [-0.4, -0.2) is 28.7 Å². The minimum Gasteiger partial charge on any atom is -0.459 e. The summed E-state index contributed by atoms with van der Waals surface area (Å²) < 4.78 is 10.1. The summed E-state index contributed by atoms with van der Waals surface area (Å²) in [5.74, 6) is -0.561. The van der Waals surface area contributed by atoms with Crippen LogP contribution >= 0.6 is 11.6 Å². The molecule has 6 nitrogen and oxygen atoms in total. The fourth-order valence-corrected chi connectivity index (χ4v) is 1.55. The molecule has 0 aliphatic rings. The van der Waals surface area contributed by atoms with E-state index >= 15 is 0 Å². The van der Waals surface area contributed by atoms with Crippen LogP contribution in [0.1, 0.15) is 33.3 Å². The lowest BCUT2D eigenvalue weighted by molar-refractivity contribution is -0.147. The lowest BCUT2D eigenvalue weighted by Gasteiger charge is -2.21. The largest absolute Gasteiger partial charge is 0.459 e. The third-order valence-corrected chi connectivity index (χ3v) is 2.47. The SMILES string of the molecule is CC(NC(=O)OC(C)(C)C)C(=O)OCc1ccnc(Cl)c1. The van der Waals surface area contributed by atoms with E-state index in [1.165, 1.54) is 13.1 Å². The number of aromatic nitrogens is 1. The molecule has 7 heteroatoms. The molecule has 0 radical (unpaired) electrons. The molecule has 0 saturated heterocycles. The molecule has 1 atom stereocenters. The molecule has 0 fully saturated rings. The maximum absolute atomic E-state index is 11.8. The van der Waals surface area contributed by atoms with Gasteiger partial charge in [0.2, 0.25) is 0 Å². The topological polar surface area (TPSA) is 77.5 Å². The summed E-state index contributed by atoms with van der Waals surface area (Å²) in [7, 11) is 0. The lowest BCUT2D eigenvalue weighted by Crippen LogP contribution is -2.42. The second-order valence-corrected chi connectivity index (χ2v) is 5.85. The molecule has 0 spiro atoms. The number of pyridine rings is 1. The normalized spacial score (nSPS) is 12.4. The Labute approximate surface area is 128 Å². The van der Waals surface area contributed by atoms with Crippen molar-refractivity contribution < 1.29 is 19.1 Å². The minimum absolute atomic E-state index is 0.0570. The van der Waals surface area contributed by atoms with Gasteiger partial charge in [0.25, 0.3) is 0 Å². The van der Waals surface area contributed by atoms with Crippen molar-refractivity contribution in [2.75, 3.05) is 0 Å². The summed E-state index contributed by atoms with van der Waals surface area (Å²) in [4.78, 5) is 27.1. The van der Waals surface area contributed by atoms with Gasteiger partial charge in [-0.3, -0.25) is 0 Å². The molecule has 0 bridgehead atoms. The van der Waals surface area contributed by atoms with Crippen LogP contribution in [0.25, 0.3) is 0 Å². The first kappa shape index (κ1) is 17.2. The number of ether oxygens (including phenoxy) is 2. The van der Waals surface area contributed by atoms with Crippen molar-refractivity contribution >= 4 is 23.7 Å². The van der Waals surface area contributed by atoms with Gasteiger partial charge in [0.15, 0.2) is 0 Å². The van der Waals surface area contributed by atoms with Gasteiger partial charge in [0, 0.05) is 6.20 Å². The lowest BCUT2D eigenvalue weighted by atomic mass is 10.2. The van der Waals surface area contributed by atoms with Crippen molar-refractivity contribution in [3.8, 4) is 0 Å². The van der Waals surface area contributed by atoms with E-state index in [0.717, 1.165) is 0 Å². The van der Waals surface area contributed by atoms with Gasteiger partial charge in [0.1, 0.15) is 23.4 Å². The molecular formula is C14H19ClN2O4. The Bertz CT molecular complexity index is 514. The fourth-order valence-electron chi connectivity index (χ4n) is 1.36. The molecule has 0 saturated carbocycles. The molecule has 1 amide bonds. The average Bonchev–Trinajstić information content (AvgIpc) is 2.33. The van der Waals surface area contributed by atoms with Gasteiger partial charge in [0.05, 0.1) is 0 Å². The maximum Gasteiger partial charge on any atom is 0.408 e. The van der Waals surface area contributed by atoms with Crippen LogP contribution in [0.4, 0.5) is 4.79 Å². The predicted octanol–water partition coefficient (Wildman–Crippen LogP) is 2.69. The van der Waals surface area contributed by atoms with Crippen LogP contribution in [0.5, 0.6) is 0 Å². The van der Waals surface area contributed by atoms with E-state index < -0.39 is 23.7 Å². The molecule has 0 aliphatic heterocycles. The first-order chi connectivity index (χ1) is 9.67. The van der Waals surface area contributed by atoms with Gasteiger partial charge in [-0.25, -0.2) is 14.6 Å². The highest BCUT2D eigenvalue weighted by molar-refractivity contribution is 6.29. The molecule has 0 aromatic carbocycles. The Morgan fingerprint density at radius 2 is 2.10 bits per heavy atom. The third-order valence-electron chi connectivity index (χ3n) is 2.26. The van der Waals surface area contributed by atoms with Crippen LogP contribution in [0.3, 0.4) is 0 Å². The van der Waals surface area contributed by atoms with Crippen molar-refractivity contribution in [1.29, 1.82) is 0 Å². The zero-order chi connectivity index (χ0) is 16.0. The summed E-state index contributed by atoms with van der Waals surface area (Å²) in [6.07, 6.45) is 0.854. The number of carbonyl (C=O) groups excluding carboxylic acids is 2. The summed E-state index contributed by atoms with van der Waals surface area (Å²) in [5, 5.41) is 2.73. The summed E-state index contributed by atoms with van der Waals surface area (Å²) in [6, 6.07) is 2.48. The van der Waals surface area contributed by atoms with Gasteiger partial charge in [-0.15, -0.1) is 0 Å². The molecule has 116 valence electrons. The number of nitrogens with zero attached hydrogens (tertiary/aromatic N) is 1. The Kier molecular flexibility index (Phi) is 5.96. The summed E-state index contributed by atoms with van der Waals surface area (Å²) in [5.41, 5.74) is 0.0921. The highest BCUT2D eigenvalue weighted by Crippen LogP contribution is 2.09. The Balaban J connectivity index is 2.43. The minimum atomic E-state index is -0.808. The summed E-state index contributed by atoms with van der Waals surface area (Å²) >= 11 is 5.73. The van der Waals surface area contributed by atoms with Crippen LogP contribution in [0.15, 0.2) is 18.3 Å². The Morgan fingerprint density at radius 3 is 2.67 bits per heavy atom. The zero-order valence-electron chi connectivity index (χ0n) is 12.5.